The van der Waals surface area contributed by atoms with Crippen molar-refractivity contribution >= 4 is 0 Å². The smallest absolute Gasteiger partial charge is 0.276 e. The minimum Gasteiger partial charge on any atom is -0.293 e. The molecule has 1 aliphatic rings. The van der Waals surface area contributed by atoms with Crippen LogP contribution in [0, 0.1) is 0 Å². The van der Waals surface area contributed by atoms with Gasteiger partial charge in [0, 0.05) is 43.8 Å². The largest absolute Gasteiger partial charge is 0.293 e. The summed E-state index contributed by atoms with van der Waals surface area (Å²) in [7, 11) is 0. The van der Waals surface area contributed by atoms with Crippen LogP contribution in [-0.4, -0.2) is 31.2 Å². The van der Waals surface area contributed by atoms with E-state index in [1.54, 1.807) is 10.9 Å². The van der Waals surface area contributed by atoms with Gasteiger partial charge in [-0.25, -0.2) is 9.67 Å². The van der Waals surface area contributed by atoms with Crippen molar-refractivity contribution in [3.05, 3.63) is 76.1 Å². The summed E-state index contributed by atoms with van der Waals surface area (Å²) in [5.41, 5.74) is 3.11. The summed E-state index contributed by atoms with van der Waals surface area (Å²) in [6.45, 7) is 2.48. The SMILES string of the molecule is O=c1c2c([nH]n1-c1ccccn1)CN(Cc1ccncc1)CC2. The van der Waals surface area contributed by atoms with Crippen LogP contribution in [0.5, 0.6) is 0 Å². The Hall–Kier alpha value is -2.73. The molecule has 0 radical (unpaired) electrons. The number of fused-ring (bicyclic) bond motifs is 1. The van der Waals surface area contributed by atoms with E-state index < -0.39 is 0 Å². The molecule has 3 aromatic heterocycles. The lowest BCUT2D eigenvalue weighted by molar-refractivity contribution is 0.242. The zero-order chi connectivity index (χ0) is 15.6. The molecule has 0 aromatic carbocycles. The minimum atomic E-state index is 0.0160. The maximum Gasteiger partial charge on any atom is 0.276 e. The normalized spacial score (nSPS) is 14.6. The highest BCUT2D eigenvalue weighted by molar-refractivity contribution is 5.28. The standard InChI is InChI=1S/C17H17N5O/c23-17-14-6-10-21(11-13-4-8-18-9-5-13)12-15(14)20-22(17)16-3-1-2-7-19-16/h1-5,7-9,20H,6,10-12H2. The molecule has 1 N–H and O–H groups in total. The van der Waals surface area contributed by atoms with E-state index in [1.807, 2.05) is 42.7 Å². The molecular weight excluding hydrogens is 290 g/mol. The van der Waals surface area contributed by atoms with Gasteiger partial charge in [-0.1, -0.05) is 6.07 Å². The molecule has 23 heavy (non-hydrogen) atoms. The first-order chi connectivity index (χ1) is 11.3. The van der Waals surface area contributed by atoms with Gasteiger partial charge in [0.25, 0.3) is 5.56 Å². The predicted molar refractivity (Wildman–Crippen MR) is 86.2 cm³/mol. The topological polar surface area (TPSA) is 66.8 Å². The second kappa shape index (κ2) is 5.81. The molecule has 0 saturated heterocycles. The van der Waals surface area contributed by atoms with Gasteiger partial charge in [0.1, 0.15) is 0 Å². The molecule has 6 nitrogen and oxygen atoms in total. The third-order valence-corrected chi connectivity index (χ3v) is 4.17. The lowest BCUT2D eigenvalue weighted by Gasteiger charge is -2.25. The Labute approximate surface area is 133 Å². The van der Waals surface area contributed by atoms with Crippen molar-refractivity contribution in [1.82, 2.24) is 24.6 Å². The van der Waals surface area contributed by atoms with E-state index in [0.29, 0.717) is 5.82 Å². The summed E-state index contributed by atoms with van der Waals surface area (Å²) in [6, 6.07) is 9.60. The van der Waals surface area contributed by atoms with E-state index in [-0.39, 0.29) is 5.56 Å². The molecule has 4 rings (SSSR count). The fraction of sp³-hybridized carbons (Fsp3) is 0.235. The van der Waals surface area contributed by atoms with E-state index in [0.717, 1.165) is 37.3 Å². The Balaban J connectivity index is 1.60. The highest BCUT2D eigenvalue weighted by Gasteiger charge is 2.23. The van der Waals surface area contributed by atoms with Crippen molar-refractivity contribution in [1.29, 1.82) is 0 Å². The Morgan fingerprint density at radius 2 is 2.00 bits per heavy atom. The minimum absolute atomic E-state index is 0.0160. The third-order valence-electron chi connectivity index (χ3n) is 4.17. The maximum absolute atomic E-state index is 12.5. The molecule has 1 aliphatic heterocycles. The van der Waals surface area contributed by atoms with Crippen LogP contribution in [-0.2, 0) is 19.5 Å². The Bertz CT molecular complexity index is 854. The average Bonchev–Trinajstić information content (AvgIpc) is 2.93. The second-order valence-electron chi connectivity index (χ2n) is 5.71. The number of aromatic nitrogens is 4. The van der Waals surface area contributed by atoms with Crippen LogP contribution >= 0.6 is 0 Å². The number of hydrogen-bond donors (Lipinski definition) is 1. The van der Waals surface area contributed by atoms with Gasteiger partial charge in [-0.05, 0) is 36.2 Å². The van der Waals surface area contributed by atoms with Crippen LogP contribution in [0.3, 0.4) is 0 Å². The van der Waals surface area contributed by atoms with Crippen molar-refractivity contribution < 1.29 is 0 Å². The van der Waals surface area contributed by atoms with Crippen LogP contribution in [0.15, 0.2) is 53.7 Å². The quantitative estimate of drug-likeness (QED) is 0.796. The van der Waals surface area contributed by atoms with Crippen LogP contribution in [0.4, 0.5) is 0 Å². The Morgan fingerprint density at radius 3 is 2.78 bits per heavy atom. The van der Waals surface area contributed by atoms with Gasteiger partial charge in [0.05, 0.1) is 5.69 Å². The number of pyridine rings is 2. The van der Waals surface area contributed by atoms with E-state index in [1.165, 1.54) is 5.56 Å². The molecule has 4 heterocycles. The van der Waals surface area contributed by atoms with Gasteiger partial charge in [-0.15, -0.1) is 0 Å². The molecule has 0 aliphatic carbocycles. The number of nitrogens with one attached hydrogen (secondary N) is 1. The summed E-state index contributed by atoms with van der Waals surface area (Å²) in [5, 5.41) is 3.22. The van der Waals surface area contributed by atoms with E-state index >= 15 is 0 Å². The summed E-state index contributed by atoms with van der Waals surface area (Å²) in [5.74, 6) is 0.632. The van der Waals surface area contributed by atoms with Crippen molar-refractivity contribution in [3.63, 3.8) is 0 Å². The van der Waals surface area contributed by atoms with E-state index in [9.17, 15) is 4.79 Å². The van der Waals surface area contributed by atoms with Crippen LogP contribution < -0.4 is 5.56 Å². The first-order valence-corrected chi connectivity index (χ1v) is 7.67. The molecule has 6 heteroatoms. The summed E-state index contributed by atoms with van der Waals surface area (Å²) in [4.78, 5) is 23.2. The predicted octanol–water partition coefficient (Wildman–Crippen LogP) is 1.51. The summed E-state index contributed by atoms with van der Waals surface area (Å²) >= 11 is 0. The molecule has 116 valence electrons. The molecule has 0 bridgehead atoms. The van der Waals surface area contributed by atoms with Crippen molar-refractivity contribution in [2.45, 2.75) is 19.5 Å². The van der Waals surface area contributed by atoms with Gasteiger partial charge in [-0.2, -0.15) is 0 Å². The van der Waals surface area contributed by atoms with Gasteiger partial charge >= 0.3 is 0 Å². The number of hydrogen-bond acceptors (Lipinski definition) is 4. The first-order valence-electron chi connectivity index (χ1n) is 7.67. The number of aromatic amines is 1. The van der Waals surface area contributed by atoms with Gasteiger partial charge < -0.3 is 0 Å². The number of nitrogens with zero attached hydrogens (tertiary/aromatic N) is 4. The summed E-state index contributed by atoms with van der Waals surface area (Å²) < 4.78 is 1.54. The van der Waals surface area contributed by atoms with Crippen LogP contribution in [0.25, 0.3) is 5.82 Å². The van der Waals surface area contributed by atoms with Crippen molar-refractivity contribution in [2.75, 3.05) is 6.54 Å². The Morgan fingerprint density at radius 1 is 1.13 bits per heavy atom. The fourth-order valence-corrected chi connectivity index (χ4v) is 3.01. The first kappa shape index (κ1) is 13.9. The van der Waals surface area contributed by atoms with Gasteiger partial charge in [0.15, 0.2) is 5.82 Å². The lowest BCUT2D eigenvalue weighted by Crippen LogP contribution is -2.31. The molecule has 0 atom stereocenters. The Kier molecular flexibility index (Phi) is 3.51. The number of rotatable bonds is 3. The van der Waals surface area contributed by atoms with E-state index in [2.05, 4.69) is 20.0 Å². The van der Waals surface area contributed by atoms with Crippen LogP contribution in [0.1, 0.15) is 16.8 Å². The maximum atomic E-state index is 12.5. The molecule has 0 fully saturated rings. The zero-order valence-electron chi connectivity index (χ0n) is 12.6. The molecular formula is C17H17N5O. The lowest BCUT2D eigenvalue weighted by atomic mass is 10.1. The monoisotopic (exact) mass is 307 g/mol. The van der Waals surface area contributed by atoms with Crippen molar-refractivity contribution in [2.24, 2.45) is 0 Å². The van der Waals surface area contributed by atoms with E-state index in [4.69, 9.17) is 0 Å². The van der Waals surface area contributed by atoms with Gasteiger partial charge in [0.2, 0.25) is 0 Å². The van der Waals surface area contributed by atoms with Gasteiger partial charge in [-0.3, -0.25) is 19.8 Å². The molecule has 0 amide bonds. The molecule has 3 aromatic rings. The number of H-pyrrole nitrogens is 1. The molecule has 0 spiro atoms. The summed E-state index contributed by atoms with van der Waals surface area (Å²) in [6.07, 6.45) is 6.07. The van der Waals surface area contributed by atoms with Crippen LogP contribution in [0.2, 0.25) is 0 Å². The average molecular weight is 307 g/mol. The second-order valence-corrected chi connectivity index (χ2v) is 5.71. The highest BCUT2D eigenvalue weighted by Crippen LogP contribution is 2.17. The molecule has 0 saturated carbocycles. The fourth-order valence-electron chi connectivity index (χ4n) is 3.01. The highest BCUT2D eigenvalue weighted by atomic mass is 16.1. The zero-order valence-corrected chi connectivity index (χ0v) is 12.6. The third kappa shape index (κ3) is 2.68. The molecule has 0 unspecified atom stereocenters. The van der Waals surface area contributed by atoms with Crippen molar-refractivity contribution in [3.8, 4) is 5.82 Å².